The maximum atomic E-state index is 11.2. The van der Waals surface area contributed by atoms with Gasteiger partial charge in [-0.25, -0.2) is 0 Å². The molecule has 0 aliphatic carbocycles. The Bertz CT molecular complexity index is 462. The largest absolute Gasteiger partial charge is 0.394 e. The first kappa shape index (κ1) is 18.6. The van der Waals surface area contributed by atoms with Crippen molar-refractivity contribution in [1.29, 1.82) is 0 Å². The van der Waals surface area contributed by atoms with Crippen LogP contribution in [0.4, 0.5) is 5.69 Å². The monoisotopic (exact) mass is 309 g/mol. The van der Waals surface area contributed by atoms with Crippen molar-refractivity contribution >= 4 is 5.69 Å². The second-order valence-corrected chi connectivity index (χ2v) is 5.78. The predicted octanol–water partition coefficient (Wildman–Crippen LogP) is 3.39. The van der Waals surface area contributed by atoms with E-state index >= 15 is 0 Å². The molecule has 0 aliphatic rings. The molecule has 1 aromatic carbocycles. The van der Waals surface area contributed by atoms with Gasteiger partial charge in [-0.1, -0.05) is 51.2 Å². The fourth-order valence-electron chi connectivity index (χ4n) is 2.55. The van der Waals surface area contributed by atoms with Crippen LogP contribution >= 0.6 is 0 Å². The van der Waals surface area contributed by atoms with E-state index in [1.807, 2.05) is 0 Å². The lowest BCUT2D eigenvalue weighted by atomic mass is 10.00. The van der Waals surface area contributed by atoms with Crippen molar-refractivity contribution in [2.45, 2.75) is 64.4 Å². The zero-order valence-corrected chi connectivity index (χ0v) is 13.3. The van der Waals surface area contributed by atoms with E-state index < -0.39 is 6.10 Å². The lowest BCUT2D eigenvalue weighted by molar-refractivity contribution is -0.385. The van der Waals surface area contributed by atoms with E-state index in [4.69, 9.17) is 5.11 Å². The van der Waals surface area contributed by atoms with Gasteiger partial charge in [-0.15, -0.1) is 0 Å². The Balaban J connectivity index is 2.60. The molecule has 1 aromatic rings. The van der Waals surface area contributed by atoms with Crippen LogP contribution in [0.2, 0.25) is 0 Å². The van der Waals surface area contributed by atoms with Crippen LogP contribution in [0.25, 0.3) is 0 Å². The summed E-state index contributed by atoms with van der Waals surface area (Å²) in [6, 6.07) is 5.10. The van der Waals surface area contributed by atoms with Crippen LogP contribution in [0.3, 0.4) is 0 Å². The summed E-state index contributed by atoms with van der Waals surface area (Å²) < 4.78 is 0. The molecule has 0 saturated carbocycles. The van der Waals surface area contributed by atoms with Crippen LogP contribution in [0.5, 0.6) is 0 Å². The number of nitro benzene ring substituents is 1. The highest BCUT2D eigenvalue weighted by Gasteiger charge is 2.15. The summed E-state index contributed by atoms with van der Waals surface area (Å²) in [6.45, 7) is 1.84. The molecule has 22 heavy (non-hydrogen) atoms. The second-order valence-electron chi connectivity index (χ2n) is 5.78. The smallest absolute Gasteiger partial charge is 0.272 e. The number of benzene rings is 1. The minimum absolute atomic E-state index is 0.121. The Morgan fingerprint density at radius 2 is 1.86 bits per heavy atom. The average molecular weight is 309 g/mol. The van der Waals surface area contributed by atoms with Crippen LogP contribution in [0.1, 0.15) is 56.6 Å². The molecule has 1 atom stereocenters. The Labute approximate surface area is 132 Å². The van der Waals surface area contributed by atoms with Crippen molar-refractivity contribution in [3.63, 3.8) is 0 Å². The third-order valence-corrected chi connectivity index (χ3v) is 3.83. The van der Waals surface area contributed by atoms with Crippen molar-refractivity contribution in [3.8, 4) is 0 Å². The lowest BCUT2D eigenvalue weighted by Crippen LogP contribution is -2.15. The van der Waals surface area contributed by atoms with Crippen molar-refractivity contribution in [3.05, 3.63) is 39.4 Å². The molecular weight excluding hydrogens is 282 g/mol. The van der Waals surface area contributed by atoms with Gasteiger partial charge < -0.3 is 10.2 Å². The number of aliphatic hydroxyl groups is 2. The molecule has 1 unspecified atom stereocenters. The standard InChI is InChI=1S/C17H27NO4/c1-2-3-4-5-6-7-8-15-10-9-14(11-16(20)13-19)12-17(15)18(21)22/h9-10,12,16,19-20H,2-8,11,13H2,1H3. The van der Waals surface area contributed by atoms with E-state index in [1.165, 1.54) is 31.7 Å². The zero-order valence-electron chi connectivity index (χ0n) is 13.3. The van der Waals surface area contributed by atoms with Gasteiger partial charge in [-0.3, -0.25) is 10.1 Å². The van der Waals surface area contributed by atoms with Gasteiger partial charge in [-0.2, -0.15) is 0 Å². The van der Waals surface area contributed by atoms with E-state index in [0.29, 0.717) is 12.0 Å². The molecule has 0 aliphatic heterocycles. The predicted molar refractivity (Wildman–Crippen MR) is 87.0 cm³/mol. The van der Waals surface area contributed by atoms with Crippen molar-refractivity contribution in [2.75, 3.05) is 6.61 Å². The van der Waals surface area contributed by atoms with Gasteiger partial charge in [0.05, 0.1) is 17.6 Å². The molecule has 1 rings (SSSR count). The normalized spacial score (nSPS) is 12.3. The quantitative estimate of drug-likeness (QED) is 0.373. The molecule has 124 valence electrons. The Hall–Kier alpha value is -1.46. The second kappa shape index (κ2) is 10.3. The van der Waals surface area contributed by atoms with Crippen LogP contribution in [-0.2, 0) is 12.8 Å². The van der Waals surface area contributed by atoms with Gasteiger partial charge in [-0.05, 0) is 18.4 Å². The van der Waals surface area contributed by atoms with E-state index in [2.05, 4.69) is 6.92 Å². The first-order chi connectivity index (χ1) is 10.6. The van der Waals surface area contributed by atoms with Crippen molar-refractivity contribution < 1.29 is 15.1 Å². The SMILES string of the molecule is CCCCCCCCc1ccc(CC(O)CO)cc1[N+](=O)[O-]. The third-order valence-electron chi connectivity index (χ3n) is 3.83. The average Bonchev–Trinajstić information content (AvgIpc) is 2.51. The molecular formula is C17H27NO4. The summed E-state index contributed by atoms with van der Waals surface area (Å²) in [5.74, 6) is 0. The Morgan fingerprint density at radius 1 is 1.18 bits per heavy atom. The van der Waals surface area contributed by atoms with Crippen molar-refractivity contribution in [1.82, 2.24) is 0 Å². The number of nitrogens with zero attached hydrogens (tertiary/aromatic N) is 1. The summed E-state index contributed by atoms with van der Waals surface area (Å²) in [6.07, 6.45) is 7.02. The van der Waals surface area contributed by atoms with E-state index in [0.717, 1.165) is 18.4 Å². The lowest BCUT2D eigenvalue weighted by Gasteiger charge is -2.09. The molecule has 0 amide bonds. The first-order valence-corrected chi connectivity index (χ1v) is 8.13. The Kier molecular flexibility index (Phi) is 8.70. The highest BCUT2D eigenvalue weighted by molar-refractivity contribution is 5.43. The van der Waals surface area contributed by atoms with E-state index in [9.17, 15) is 15.2 Å². The molecule has 0 fully saturated rings. The van der Waals surface area contributed by atoms with Gasteiger partial charge >= 0.3 is 0 Å². The highest BCUT2D eigenvalue weighted by Crippen LogP contribution is 2.23. The number of hydrogen-bond donors (Lipinski definition) is 2. The van der Waals surface area contributed by atoms with E-state index in [-0.39, 0.29) is 23.6 Å². The van der Waals surface area contributed by atoms with Gasteiger partial charge in [0, 0.05) is 18.1 Å². The molecule has 0 saturated heterocycles. The Morgan fingerprint density at radius 3 is 2.50 bits per heavy atom. The number of aliphatic hydroxyl groups excluding tert-OH is 2. The maximum absolute atomic E-state index is 11.2. The number of rotatable bonds is 11. The van der Waals surface area contributed by atoms with Crippen LogP contribution in [-0.4, -0.2) is 27.8 Å². The van der Waals surface area contributed by atoms with Gasteiger partial charge in [0.15, 0.2) is 0 Å². The summed E-state index contributed by atoms with van der Waals surface area (Å²) in [7, 11) is 0. The number of hydrogen-bond acceptors (Lipinski definition) is 4. The topological polar surface area (TPSA) is 83.6 Å². The van der Waals surface area contributed by atoms with Gasteiger partial charge in [0.2, 0.25) is 0 Å². The fraction of sp³-hybridized carbons (Fsp3) is 0.647. The van der Waals surface area contributed by atoms with Gasteiger partial charge in [0.1, 0.15) is 0 Å². The van der Waals surface area contributed by atoms with Crippen LogP contribution < -0.4 is 0 Å². The zero-order chi connectivity index (χ0) is 16.4. The maximum Gasteiger partial charge on any atom is 0.272 e. The molecule has 0 spiro atoms. The third kappa shape index (κ3) is 6.54. The van der Waals surface area contributed by atoms with Crippen LogP contribution in [0.15, 0.2) is 18.2 Å². The molecule has 0 heterocycles. The van der Waals surface area contributed by atoms with Gasteiger partial charge in [0.25, 0.3) is 5.69 Å². The molecule has 2 N–H and O–H groups in total. The van der Waals surface area contributed by atoms with Crippen LogP contribution in [0, 0.1) is 10.1 Å². The summed E-state index contributed by atoms with van der Waals surface area (Å²) in [4.78, 5) is 10.8. The molecule has 5 nitrogen and oxygen atoms in total. The summed E-state index contributed by atoms with van der Waals surface area (Å²) in [5, 5.41) is 29.5. The van der Waals surface area contributed by atoms with Crippen molar-refractivity contribution in [2.24, 2.45) is 0 Å². The molecule has 0 radical (unpaired) electrons. The fourth-order valence-corrected chi connectivity index (χ4v) is 2.55. The summed E-state index contributed by atoms with van der Waals surface area (Å²) >= 11 is 0. The van der Waals surface area contributed by atoms with E-state index in [1.54, 1.807) is 12.1 Å². The number of aryl methyl sites for hydroxylation is 1. The minimum Gasteiger partial charge on any atom is -0.394 e. The molecule has 5 heteroatoms. The molecule has 0 bridgehead atoms. The first-order valence-electron chi connectivity index (χ1n) is 8.13. The summed E-state index contributed by atoms with van der Waals surface area (Å²) in [5.41, 5.74) is 1.55. The highest BCUT2D eigenvalue weighted by atomic mass is 16.6. The number of unbranched alkanes of at least 4 members (excludes halogenated alkanes) is 5. The molecule has 0 aromatic heterocycles. The minimum atomic E-state index is -0.871. The number of nitro groups is 1.